The smallest absolute Gasteiger partial charge is 0.278 e. The molecule has 0 aliphatic rings. The van der Waals surface area contributed by atoms with Crippen LogP contribution in [0.25, 0.3) is 22.4 Å². The topological polar surface area (TPSA) is 76.9 Å². The molecule has 2 heterocycles. The highest BCUT2D eigenvalue weighted by Gasteiger charge is 2.13. The molecule has 2 aromatic heterocycles. The van der Waals surface area contributed by atoms with Gasteiger partial charge in [0.1, 0.15) is 11.2 Å². The Bertz CT molecular complexity index is 1260. The normalized spacial score (nSPS) is 10.8. The Labute approximate surface area is 167 Å². The van der Waals surface area contributed by atoms with Crippen LogP contribution in [0.2, 0.25) is 0 Å². The minimum absolute atomic E-state index is 0.193. The van der Waals surface area contributed by atoms with E-state index in [-0.39, 0.29) is 11.5 Å². The summed E-state index contributed by atoms with van der Waals surface area (Å²) in [6.07, 6.45) is 2.47. The van der Waals surface area contributed by atoms with Gasteiger partial charge in [-0.05, 0) is 42.3 Å². The number of carbonyl (C=O) groups excluding carboxylic acids is 1. The second kappa shape index (κ2) is 7.67. The Morgan fingerprint density at radius 1 is 1.03 bits per heavy atom. The van der Waals surface area contributed by atoms with Crippen LogP contribution < -0.4 is 10.9 Å². The number of pyridine rings is 1. The Morgan fingerprint density at radius 3 is 2.55 bits per heavy atom. The molecule has 0 fully saturated rings. The number of rotatable bonds is 4. The first-order chi connectivity index (χ1) is 14.1. The van der Waals surface area contributed by atoms with Gasteiger partial charge >= 0.3 is 0 Å². The first kappa shape index (κ1) is 18.6. The van der Waals surface area contributed by atoms with Crippen LogP contribution in [0.15, 0.2) is 71.7 Å². The Morgan fingerprint density at radius 2 is 1.79 bits per heavy atom. The molecule has 0 aliphatic heterocycles. The Kier molecular flexibility index (Phi) is 4.91. The van der Waals surface area contributed by atoms with E-state index in [0.29, 0.717) is 28.0 Å². The SMILES string of the molecule is CCc1ccccc1NC(=O)c1ccc(-c2nc3cccnc3n(C)c2=O)cc1. The standard InChI is InChI=1S/C23H20N4O2/c1-3-15-7-4-5-8-18(15)26-22(28)17-12-10-16(11-13-17)20-23(29)27(2)21-19(25-20)9-6-14-24-21/h4-14H,3H2,1-2H3,(H,26,28). The van der Waals surface area contributed by atoms with E-state index in [2.05, 4.69) is 15.3 Å². The molecule has 0 aliphatic carbocycles. The van der Waals surface area contributed by atoms with Crippen LogP contribution in [0.3, 0.4) is 0 Å². The molecule has 1 amide bonds. The third-order valence-corrected chi connectivity index (χ3v) is 4.89. The van der Waals surface area contributed by atoms with Gasteiger partial charge in [-0.1, -0.05) is 37.3 Å². The Hall–Kier alpha value is -3.80. The highest BCUT2D eigenvalue weighted by Crippen LogP contribution is 2.19. The first-order valence-electron chi connectivity index (χ1n) is 9.40. The van der Waals surface area contributed by atoms with Crippen molar-refractivity contribution in [3.8, 4) is 11.3 Å². The molecule has 0 radical (unpaired) electrons. The molecular weight excluding hydrogens is 364 g/mol. The number of para-hydroxylation sites is 1. The number of hydrogen-bond donors (Lipinski definition) is 1. The van der Waals surface area contributed by atoms with Crippen molar-refractivity contribution in [1.82, 2.24) is 14.5 Å². The van der Waals surface area contributed by atoms with Gasteiger partial charge in [-0.25, -0.2) is 9.97 Å². The number of amides is 1. The van der Waals surface area contributed by atoms with E-state index in [0.717, 1.165) is 17.7 Å². The zero-order valence-electron chi connectivity index (χ0n) is 16.2. The van der Waals surface area contributed by atoms with Crippen LogP contribution >= 0.6 is 0 Å². The van der Waals surface area contributed by atoms with E-state index >= 15 is 0 Å². The maximum atomic E-state index is 12.7. The summed E-state index contributed by atoms with van der Waals surface area (Å²) in [5.41, 5.74) is 4.33. The first-order valence-corrected chi connectivity index (χ1v) is 9.40. The van der Waals surface area contributed by atoms with Crippen LogP contribution in [0, 0.1) is 0 Å². The molecule has 0 unspecified atom stereocenters. The number of fused-ring (bicyclic) bond motifs is 1. The van der Waals surface area contributed by atoms with Crippen molar-refractivity contribution in [2.24, 2.45) is 7.05 Å². The summed E-state index contributed by atoms with van der Waals surface area (Å²) in [5, 5.41) is 2.95. The second-order valence-electron chi connectivity index (χ2n) is 6.71. The number of benzene rings is 2. The van der Waals surface area contributed by atoms with Crippen LogP contribution in [0.4, 0.5) is 5.69 Å². The van der Waals surface area contributed by atoms with Crippen molar-refractivity contribution in [2.45, 2.75) is 13.3 Å². The van der Waals surface area contributed by atoms with Gasteiger partial charge < -0.3 is 5.32 Å². The predicted octanol–water partition coefficient (Wildman–Crippen LogP) is 3.81. The van der Waals surface area contributed by atoms with Gasteiger partial charge in [0.05, 0.1) is 0 Å². The minimum Gasteiger partial charge on any atom is -0.322 e. The quantitative estimate of drug-likeness (QED) is 0.580. The van der Waals surface area contributed by atoms with Crippen molar-refractivity contribution in [1.29, 1.82) is 0 Å². The zero-order valence-corrected chi connectivity index (χ0v) is 16.2. The molecule has 1 N–H and O–H groups in total. The van der Waals surface area contributed by atoms with E-state index in [1.807, 2.05) is 37.3 Å². The van der Waals surface area contributed by atoms with Gasteiger partial charge in [0, 0.05) is 30.1 Å². The number of nitrogens with zero attached hydrogens (tertiary/aromatic N) is 3. The van der Waals surface area contributed by atoms with Crippen LogP contribution in [0.5, 0.6) is 0 Å². The highest BCUT2D eigenvalue weighted by atomic mass is 16.1. The highest BCUT2D eigenvalue weighted by molar-refractivity contribution is 6.04. The number of anilines is 1. The zero-order chi connectivity index (χ0) is 20.4. The molecule has 2 aromatic carbocycles. The molecule has 0 saturated heterocycles. The molecule has 6 nitrogen and oxygen atoms in total. The molecule has 144 valence electrons. The fourth-order valence-corrected chi connectivity index (χ4v) is 3.27. The summed E-state index contributed by atoms with van der Waals surface area (Å²) in [6, 6.07) is 18.2. The summed E-state index contributed by atoms with van der Waals surface area (Å²) in [4.78, 5) is 34.0. The summed E-state index contributed by atoms with van der Waals surface area (Å²) in [5.74, 6) is -0.193. The van der Waals surface area contributed by atoms with Gasteiger partial charge in [0.15, 0.2) is 5.65 Å². The number of nitrogens with one attached hydrogen (secondary N) is 1. The van der Waals surface area contributed by atoms with Gasteiger partial charge in [0.25, 0.3) is 11.5 Å². The van der Waals surface area contributed by atoms with Crippen LogP contribution in [-0.2, 0) is 13.5 Å². The van der Waals surface area contributed by atoms with Crippen molar-refractivity contribution >= 4 is 22.8 Å². The van der Waals surface area contributed by atoms with Crippen molar-refractivity contribution in [3.63, 3.8) is 0 Å². The second-order valence-corrected chi connectivity index (χ2v) is 6.71. The summed E-state index contributed by atoms with van der Waals surface area (Å²) >= 11 is 0. The van der Waals surface area contributed by atoms with E-state index in [4.69, 9.17) is 0 Å². The third-order valence-electron chi connectivity index (χ3n) is 4.89. The van der Waals surface area contributed by atoms with Crippen molar-refractivity contribution < 1.29 is 4.79 Å². The lowest BCUT2D eigenvalue weighted by molar-refractivity contribution is 0.102. The average Bonchev–Trinajstić information content (AvgIpc) is 2.77. The largest absolute Gasteiger partial charge is 0.322 e. The molecule has 0 saturated carbocycles. The van der Waals surface area contributed by atoms with Crippen molar-refractivity contribution in [3.05, 3.63) is 88.3 Å². The summed E-state index contributed by atoms with van der Waals surface area (Å²) in [7, 11) is 1.68. The van der Waals surface area contributed by atoms with E-state index in [9.17, 15) is 9.59 Å². The van der Waals surface area contributed by atoms with Gasteiger partial charge in [0.2, 0.25) is 0 Å². The molecule has 4 aromatic rings. The lowest BCUT2D eigenvalue weighted by Crippen LogP contribution is -2.21. The number of aryl methyl sites for hydroxylation is 2. The molecule has 0 bridgehead atoms. The number of aromatic nitrogens is 3. The van der Waals surface area contributed by atoms with E-state index in [1.54, 1.807) is 43.6 Å². The van der Waals surface area contributed by atoms with E-state index < -0.39 is 0 Å². The van der Waals surface area contributed by atoms with Crippen molar-refractivity contribution in [2.75, 3.05) is 5.32 Å². The van der Waals surface area contributed by atoms with Gasteiger partial charge in [-0.3, -0.25) is 14.2 Å². The molecule has 6 heteroatoms. The number of hydrogen-bond acceptors (Lipinski definition) is 4. The predicted molar refractivity (Wildman–Crippen MR) is 114 cm³/mol. The van der Waals surface area contributed by atoms with Gasteiger partial charge in [-0.2, -0.15) is 0 Å². The average molecular weight is 384 g/mol. The fraction of sp³-hybridized carbons (Fsp3) is 0.130. The monoisotopic (exact) mass is 384 g/mol. The van der Waals surface area contributed by atoms with E-state index in [1.165, 1.54) is 4.57 Å². The lowest BCUT2D eigenvalue weighted by Gasteiger charge is -2.10. The lowest BCUT2D eigenvalue weighted by atomic mass is 10.1. The molecule has 29 heavy (non-hydrogen) atoms. The molecule has 4 rings (SSSR count). The summed E-state index contributed by atoms with van der Waals surface area (Å²) < 4.78 is 1.49. The molecular formula is C23H20N4O2. The fourth-order valence-electron chi connectivity index (χ4n) is 3.27. The van der Waals surface area contributed by atoms with Crippen LogP contribution in [0.1, 0.15) is 22.8 Å². The maximum absolute atomic E-state index is 12.7. The minimum atomic E-state index is -0.231. The molecule has 0 spiro atoms. The van der Waals surface area contributed by atoms with Crippen LogP contribution in [-0.4, -0.2) is 20.4 Å². The summed E-state index contributed by atoms with van der Waals surface area (Å²) in [6.45, 7) is 2.05. The third kappa shape index (κ3) is 3.52. The molecule has 0 atom stereocenters. The maximum Gasteiger partial charge on any atom is 0.278 e. The number of carbonyl (C=O) groups is 1. The van der Waals surface area contributed by atoms with Gasteiger partial charge in [-0.15, -0.1) is 0 Å². The Balaban J connectivity index is 1.65.